The van der Waals surface area contributed by atoms with Gasteiger partial charge in [0.05, 0.1) is 23.1 Å². The van der Waals surface area contributed by atoms with Gasteiger partial charge in [-0.15, -0.1) is 0 Å². The lowest BCUT2D eigenvalue weighted by molar-refractivity contribution is -0.138. The van der Waals surface area contributed by atoms with Gasteiger partial charge in [0.25, 0.3) is 0 Å². The molecular weight excluding hydrogens is 399 g/mol. The Morgan fingerprint density at radius 2 is 1.61 bits per heavy atom. The zero-order chi connectivity index (χ0) is 21.1. The van der Waals surface area contributed by atoms with Gasteiger partial charge in [-0.3, -0.25) is 9.10 Å². The second kappa shape index (κ2) is 8.01. The fourth-order valence-electron chi connectivity index (χ4n) is 2.25. The number of halogens is 3. The highest BCUT2D eigenvalue weighted by atomic mass is 32.2. The van der Waals surface area contributed by atoms with Crippen LogP contribution in [0.3, 0.4) is 0 Å². The van der Waals surface area contributed by atoms with E-state index in [0.717, 1.165) is 28.8 Å². The Balaban J connectivity index is 2.08. The van der Waals surface area contributed by atoms with E-state index < -0.39 is 45.7 Å². The van der Waals surface area contributed by atoms with Gasteiger partial charge < -0.3 is 4.74 Å². The van der Waals surface area contributed by atoms with Gasteiger partial charge in [0.15, 0.2) is 12.4 Å². The molecule has 0 heterocycles. The summed E-state index contributed by atoms with van der Waals surface area (Å²) in [7, 11) is -2.13. The number of alkyl halides is 3. The summed E-state index contributed by atoms with van der Waals surface area (Å²) in [6.07, 6.45) is -3.72. The van der Waals surface area contributed by atoms with E-state index in [1.807, 2.05) is 0 Å². The number of ether oxygens (including phenoxy) is 1. The SMILES string of the molecule is CN(c1ccc(C(=O)COC(=O)c2ccccc2C(F)(F)F)cc1)S(C)(=O)=O. The second-order valence-electron chi connectivity index (χ2n) is 5.82. The predicted molar refractivity (Wildman–Crippen MR) is 95.7 cm³/mol. The highest BCUT2D eigenvalue weighted by Crippen LogP contribution is 2.32. The molecule has 0 spiro atoms. The first-order valence-electron chi connectivity index (χ1n) is 7.82. The van der Waals surface area contributed by atoms with Crippen molar-refractivity contribution in [3.05, 3.63) is 65.2 Å². The molecule has 10 heteroatoms. The van der Waals surface area contributed by atoms with E-state index in [0.29, 0.717) is 5.69 Å². The Bertz CT molecular complexity index is 985. The molecule has 2 aromatic carbocycles. The molecule has 2 aromatic rings. The first-order valence-corrected chi connectivity index (χ1v) is 9.66. The minimum Gasteiger partial charge on any atom is -0.454 e. The lowest BCUT2D eigenvalue weighted by atomic mass is 10.1. The van der Waals surface area contributed by atoms with Crippen molar-refractivity contribution < 1.29 is 35.9 Å². The number of Topliss-reactive ketones (excluding diaryl/α,β-unsaturated/α-hetero) is 1. The van der Waals surface area contributed by atoms with Crippen LogP contribution in [0.4, 0.5) is 18.9 Å². The van der Waals surface area contributed by atoms with Gasteiger partial charge in [-0.05, 0) is 36.4 Å². The van der Waals surface area contributed by atoms with Crippen LogP contribution in [0.5, 0.6) is 0 Å². The lowest BCUT2D eigenvalue weighted by Crippen LogP contribution is -2.24. The maximum Gasteiger partial charge on any atom is 0.417 e. The summed E-state index contributed by atoms with van der Waals surface area (Å²) >= 11 is 0. The van der Waals surface area contributed by atoms with E-state index in [4.69, 9.17) is 4.74 Å². The molecule has 0 amide bonds. The van der Waals surface area contributed by atoms with E-state index >= 15 is 0 Å². The fraction of sp³-hybridized carbons (Fsp3) is 0.222. The molecule has 0 unspecified atom stereocenters. The van der Waals surface area contributed by atoms with E-state index in [-0.39, 0.29) is 5.56 Å². The summed E-state index contributed by atoms with van der Waals surface area (Å²) in [5.41, 5.74) is -1.41. The zero-order valence-electron chi connectivity index (χ0n) is 14.9. The highest BCUT2D eigenvalue weighted by molar-refractivity contribution is 7.92. The van der Waals surface area contributed by atoms with Gasteiger partial charge in [-0.1, -0.05) is 12.1 Å². The number of esters is 1. The highest BCUT2D eigenvalue weighted by Gasteiger charge is 2.35. The number of nitrogens with zero attached hydrogens (tertiary/aromatic N) is 1. The van der Waals surface area contributed by atoms with Crippen molar-refractivity contribution in [2.24, 2.45) is 0 Å². The van der Waals surface area contributed by atoms with E-state index in [1.54, 1.807) is 0 Å². The first kappa shape index (κ1) is 21.4. The summed E-state index contributed by atoms with van der Waals surface area (Å²) in [6, 6.07) is 9.53. The van der Waals surface area contributed by atoms with Crippen LogP contribution in [0, 0.1) is 0 Å². The van der Waals surface area contributed by atoms with Gasteiger partial charge in [0.1, 0.15) is 0 Å². The molecule has 0 aliphatic rings. The Morgan fingerprint density at radius 1 is 1.04 bits per heavy atom. The third-order valence-corrected chi connectivity index (χ3v) is 5.04. The smallest absolute Gasteiger partial charge is 0.417 e. The minimum absolute atomic E-state index is 0.113. The van der Waals surface area contributed by atoms with Crippen LogP contribution in [0.2, 0.25) is 0 Å². The quantitative estimate of drug-likeness (QED) is 0.535. The van der Waals surface area contributed by atoms with Crippen LogP contribution in [0.15, 0.2) is 48.5 Å². The van der Waals surface area contributed by atoms with Gasteiger partial charge >= 0.3 is 12.1 Å². The fourth-order valence-corrected chi connectivity index (χ4v) is 2.75. The Kier molecular flexibility index (Phi) is 6.13. The van der Waals surface area contributed by atoms with Crippen molar-refractivity contribution in [3.8, 4) is 0 Å². The van der Waals surface area contributed by atoms with E-state index in [1.165, 1.54) is 37.4 Å². The molecule has 0 aliphatic heterocycles. The number of carbonyl (C=O) groups is 2. The second-order valence-corrected chi connectivity index (χ2v) is 7.83. The van der Waals surface area contributed by atoms with Crippen molar-refractivity contribution >= 4 is 27.5 Å². The topological polar surface area (TPSA) is 80.8 Å². The normalized spacial score (nSPS) is 11.8. The van der Waals surface area contributed by atoms with Gasteiger partial charge in [0, 0.05) is 12.6 Å². The number of hydrogen-bond donors (Lipinski definition) is 0. The molecule has 0 radical (unpaired) electrons. The van der Waals surface area contributed by atoms with Crippen LogP contribution < -0.4 is 4.31 Å². The lowest BCUT2D eigenvalue weighted by Gasteiger charge is -2.16. The first-order chi connectivity index (χ1) is 12.9. The number of ketones is 1. The molecule has 0 N–H and O–H groups in total. The van der Waals surface area contributed by atoms with Crippen molar-refractivity contribution in [1.82, 2.24) is 0 Å². The molecular formula is C18H16F3NO5S. The molecule has 0 aliphatic carbocycles. The van der Waals surface area contributed by atoms with Crippen LogP contribution in [0.25, 0.3) is 0 Å². The maximum atomic E-state index is 12.9. The number of anilines is 1. The van der Waals surface area contributed by atoms with Crippen molar-refractivity contribution in [2.45, 2.75) is 6.18 Å². The van der Waals surface area contributed by atoms with Crippen molar-refractivity contribution in [3.63, 3.8) is 0 Å². The average Bonchev–Trinajstić information content (AvgIpc) is 2.64. The van der Waals surface area contributed by atoms with Crippen LogP contribution in [-0.2, 0) is 20.9 Å². The third kappa shape index (κ3) is 5.10. The van der Waals surface area contributed by atoms with Crippen LogP contribution >= 0.6 is 0 Å². The minimum atomic E-state index is -4.74. The van der Waals surface area contributed by atoms with E-state index in [2.05, 4.69) is 0 Å². The molecule has 2 rings (SSSR count). The molecule has 0 aromatic heterocycles. The maximum absolute atomic E-state index is 12.9. The van der Waals surface area contributed by atoms with Crippen LogP contribution in [-0.4, -0.2) is 40.1 Å². The number of rotatable bonds is 6. The van der Waals surface area contributed by atoms with Gasteiger partial charge in [-0.2, -0.15) is 13.2 Å². The summed E-state index contributed by atoms with van der Waals surface area (Å²) in [4.78, 5) is 24.1. The Labute approximate surface area is 159 Å². The number of carbonyl (C=O) groups excluding carboxylic acids is 2. The molecule has 0 atom stereocenters. The Hall–Kier alpha value is -2.88. The van der Waals surface area contributed by atoms with Crippen molar-refractivity contribution in [2.75, 3.05) is 24.2 Å². The Morgan fingerprint density at radius 3 is 2.14 bits per heavy atom. The largest absolute Gasteiger partial charge is 0.454 e. The molecule has 0 saturated heterocycles. The average molecular weight is 415 g/mol. The van der Waals surface area contributed by atoms with Crippen molar-refractivity contribution in [1.29, 1.82) is 0 Å². The number of sulfonamides is 1. The van der Waals surface area contributed by atoms with Gasteiger partial charge in [0.2, 0.25) is 10.0 Å². The molecule has 0 saturated carbocycles. The summed E-state index contributed by atoms with van der Waals surface area (Å²) in [5.74, 6) is -1.92. The molecule has 0 bridgehead atoms. The molecule has 0 fully saturated rings. The van der Waals surface area contributed by atoms with Gasteiger partial charge in [-0.25, -0.2) is 13.2 Å². The monoisotopic (exact) mass is 415 g/mol. The number of benzene rings is 2. The third-order valence-electron chi connectivity index (χ3n) is 3.84. The number of hydrogen-bond acceptors (Lipinski definition) is 5. The standard InChI is InChI=1S/C18H16F3NO5S/c1-22(28(2,25)26)13-9-7-12(8-10-13)16(23)11-27-17(24)14-5-3-4-6-15(14)18(19,20)21/h3-10H,11H2,1-2H3. The molecule has 6 nitrogen and oxygen atoms in total. The summed E-state index contributed by atoms with van der Waals surface area (Å²) in [5, 5.41) is 0. The summed E-state index contributed by atoms with van der Waals surface area (Å²) in [6.45, 7) is -0.758. The molecule has 28 heavy (non-hydrogen) atoms. The molecule has 150 valence electrons. The summed E-state index contributed by atoms with van der Waals surface area (Å²) < 4.78 is 67.5. The van der Waals surface area contributed by atoms with E-state index in [9.17, 15) is 31.2 Å². The predicted octanol–water partition coefficient (Wildman–Crippen LogP) is 3.14. The van der Waals surface area contributed by atoms with Crippen LogP contribution in [0.1, 0.15) is 26.3 Å². The zero-order valence-corrected chi connectivity index (χ0v) is 15.7.